The lowest BCUT2D eigenvalue weighted by atomic mass is 10.1. The number of halogens is 3. The molecule has 0 radical (unpaired) electrons. The first-order valence-electron chi connectivity index (χ1n) is 6.41. The van der Waals surface area contributed by atoms with Crippen molar-refractivity contribution in [2.75, 3.05) is 6.26 Å². The molecule has 106 valence electrons. The number of thioether (sulfide) groups is 1. The molecule has 2 rings (SSSR count). The van der Waals surface area contributed by atoms with Gasteiger partial charge in [-0.2, -0.15) is 24.9 Å². The van der Waals surface area contributed by atoms with Crippen LogP contribution in [-0.2, 0) is 12.7 Å². The molecule has 1 fully saturated rings. The SMILES string of the molecule is CSC1CCC(NCc2cccc(C(F)(F)F)c2)C1. The molecule has 1 saturated carbocycles. The highest BCUT2D eigenvalue weighted by atomic mass is 32.2. The minimum absolute atomic E-state index is 0.437. The zero-order valence-corrected chi connectivity index (χ0v) is 11.7. The minimum atomic E-state index is -4.26. The number of benzene rings is 1. The molecule has 0 saturated heterocycles. The fraction of sp³-hybridized carbons (Fsp3) is 0.571. The van der Waals surface area contributed by atoms with Gasteiger partial charge < -0.3 is 5.32 Å². The van der Waals surface area contributed by atoms with Crippen LogP contribution in [0.25, 0.3) is 0 Å². The molecule has 1 aliphatic carbocycles. The Kier molecular flexibility index (Phi) is 4.79. The quantitative estimate of drug-likeness (QED) is 0.896. The van der Waals surface area contributed by atoms with Crippen molar-refractivity contribution in [3.8, 4) is 0 Å². The molecule has 1 nitrogen and oxygen atoms in total. The number of nitrogens with one attached hydrogen (secondary N) is 1. The molecule has 2 unspecified atom stereocenters. The maximum atomic E-state index is 12.6. The number of hydrogen-bond acceptors (Lipinski definition) is 2. The van der Waals surface area contributed by atoms with Gasteiger partial charge in [-0.05, 0) is 37.1 Å². The molecule has 1 aliphatic rings. The standard InChI is InChI=1S/C14H18F3NS/c1-19-13-6-5-12(8-13)18-9-10-3-2-4-11(7-10)14(15,16)17/h2-4,7,12-13,18H,5-6,8-9H2,1H3. The van der Waals surface area contributed by atoms with Gasteiger partial charge in [0.25, 0.3) is 0 Å². The molecule has 1 aromatic rings. The Morgan fingerprint density at radius 3 is 2.74 bits per heavy atom. The van der Waals surface area contributed by atoms with Gasteiger partial charge in [0, 0.05) is 17.8 Å². The molecule has 0 bridgehead atoms. The predicted molar refractivity (Wildman–Crippen MR) is 73.2 cm³/mol. The highest BCUT2D eigenvalue weighted by molar-refractivity contribution is 7.99. The highest BCUT2D eigenvalue weighted by Crippen LogP contribution is 2.30. The van der Waals surface area contributed by atoms with Crippen LogP contribution in [0.3, 0.4) is 0 Å². The molecule has 0 spiro atoms. The van der Waals surface area contributed by atoms with Crippen LogP contribution in [0.5, 0.6) is 0 Å². The van der Waals surface area contributed by atoms with Crippen LogP contribution < -0.4 is 5.32 Å². The normalized spacial score (nSPS) is 23.8. The summed E-state index contributed by atoms with van der Waals surface area (Å²) >= 11 is 1.87. The summed E-state index contributed by atoms with van der Waals surface area (Å²) in [5, 5.41) is 4.05. The van der Waals surface area contributed by atoms with Crippen LogP contribution in [0, 0.1) is 0 Å². The van der Waals surface area contributed by atoms with Gasteiger partial charge in [0.15, 0.2) is 0 Å². The first kappa shape index (κ1) is 14.7. The van der Waals surface area contributed by atoms with Crippen LogP contribution >= 0.6 is 11.8 Å². The Hall–Kier alpha value is -0.680. The van der Waals surface area contributed by atoms with E-state index >= 15 is 0 Å². The van der Waals surface area contributed by atoms with Gasteiger partial charge in [-0.25, -0.2) is 0 Å². The van der Waals surface area contributed by atoms with E-state index in [1.807, 2.05) is 11.8 Å². The number of rotatable bonds is 4. The van der Waals surface area contributed by atoms with E-state index in [9.17, 15) is 13.2 Å². The monoisotopic (exact) mass is 289 g/mol. The Labute approximate surface area is 116 Å². The number of hydrogen-bond donors (Lipinski definition) is 1. The van der Waals surface area contributed by atoms with E-state index in [1.165, 1.54) is 18.6 Å². The van der Waals surface area contributed by atoms with Crippen LogP contribution in [0.4, 0.5) is 13.2 Å². The average molecular weight is 289 g/mol. The van der Waals surface area contributed by atoms with Gasteiger partial charge in [0.05, 0.1) is 5.56 Å². The first-order chi connectivity index (χ1) is 8.99. The third kappa shape index (κ3) is 4.14. The molecule has 0 aromatic heterocycles. The molecule has 1 aromatic carbocycles. The predicted octanol–water partition coefficient (Wildman–Crippen LogP) is 4.08. The van der Waals surface area contributed by atoms with Gasteiger partial charge in [0.2, 0.25) is 0 Å². The molecule has 19 heavy (non-hydrogen) atoms. The van der Waals surface area contributed by atoms with Crippen molar-refractivity contribution in [2.24, 2.45) is 0 Å². The van der Waals surface area contributed by atoms with Crippen molar-refractivity contribution < 1.29 is 13.2 Å². The summed E-state index contributed by atoms with van der Waals surface area (Å²) in [6.07, 6.45) is 1.28. The second kappa shape index (κ2) is 6.18. The summed E-state index contributed by atoms with van der Waals surface area (Å²) in [6.45, 7) is 0.510. The van der Waals surface area contributed by atoms with Gasteiger partial charge in [-0.1, -0.05) is 18.2 Å². The zero-order valence-electron chi connectivity index (χ0n) is 10.8. The molecule has 0 heterocycles. The van der Waals surface area contributed by atoms with Gasteiger partial charge in [0.1, 0.15) is 0 Å². The van der Waals surface area contributed by atoms with Gasteiger partial charge >= 0.3 is 6.18 Å². The van der Waals surface area contributed by atoms with E-state index in [-0.39, 0.29) is 0 Å². The van der Waals surface area contributed by atoms with Gasteiger partial charge in [-0.3, -0.25) is 0 Å². The molecular weight excluding hydrogens is 271 g/mol. The fourth-order valence-corrected chi connectivity index (χ4v) is 3.26. The van der Waals surface area contributed by atoms with Gasteiger partial charge in [-0.15, -0.1) is 0 Å². The topological polar surface area (TPSA) is 12.0 Å². The highest BCUT2D eigenvalue weighted by Gasteiger charge is 2.30. The zero-order chi connectivity index (χ0) is 13.9. The van der Waals surface area contributed by atoms with E-state index in [0.717, 1.165) is 18.9 Å². The average Bonchev–Trinajstić information content (AvgIpc) is 2.84. The summed E-state index contributed by atoms with van der Waals surface area (Å²) in [5.74, 6) is 0. The van der Waals surface area contributed by atoms with Crippen molar-refractivity contribution in [3.63, 3.8) is 0 Å². The third-order valence-electron chi connectivity index (χ3n) is 3.57. The summed E-state index contributed by atoms with van der Waals surface area (Å²) in [4.78, 5) is 0. The van der Waals surface area contributed by atoms with Crippen LogP contribution in [0.15, 0.2) is 24.3 Å². The molecule has 0 amide bonds. The second-order valence-corrected chi connectivity index (χ2v) is 6.08. The van der Waals surface area contributed by atoms with Crippen molar-refractivity contribution in [3.05, 3.63) is 35.4 Å². The summed E-state index contributed by atoms with van der Waals surface area (Å²) in [5.41, 5.74) is 0.127. The second-order valence-electron chi connectivity index (χ2n) is 4.95. The Morgan fingerprint density at radius 2 is 2.11 bits per heavy atom. The van der Waals surface area contributed by atoms with Crippen molar-refractivity contribution in [1.82, 2.24) is 5.32 Å². The lowest BCUT2D eigenvalue weighted by Crippen LogP contribution is -2.26. The fourth-order valence-electron chi connectivity index (χ4n) is 2.46. The molecule has 5 heteroatoms. The smallest absolute Gasteiger partial charge is 0.310 e. The summed E-state index contributed by atoms with van der Waals surface area (Å²) in [7, 11) is 0. The van der Waals surface area contributed by atoms with E-state index in [0.29, 0.717) is 23.4 Å². The van der Waals surface area contributed by atoms with Crippen LogP contribution in [0.2, 0.25) is 0 Å². The Morgan fingerprint density at radius 1 is 1.32 bits per heavy atom. The van der Waals surface area contributed by atoms with E-state index in [2.05, 4.69) is 11.6 Å². The van der Waals surface area contributed by atoms with Crippen molar-refractivity contribution >= 4 is 11.8 Å². The largest absolute Gasteiger partial charge is 0.416 e. The Bertz CT molecular complexity index is 419. The number of alkyl halides is 3. The molecule has 1 N–H and O–H groups in total. The molecule has 2 atom stereocenters. The lowest BCUT2D eigenvalue weighted by molar-refractivity contribution is -0.137. The van der Waals surface area contributed by atoms with Crippen molar-refractivity contribution in [2.45, 2.75) is 43.3 Å². The van der Waals surface area contributed by atoms with E-state index < -0.39 is 11.7 Å². The molecular formula is C14H18F3NS. The Balaban J connectivity index is 1.90. The van der Waals surface area contributed by atoms with E-state index in [4.69, 9.17) is 0 Å². The summed E-state index contributed by atoms with van der Waals surface area (Å²) < 4.78 is 37.7. The summed E-state index contributed by atoms with van der Waals surface area (Å²) in [6, 6.07) is 5.99. The van der Waals surface area contributed by atoms with Crippen molar-refractivity contribution in [1.29, 1.82) is 0 Å². The molecule has 0 aliphatic heterocycles. The van der Waals surface area contributed by atoms with Crippen LogP contribution in [-0.4, -0.2) is 17.5 Å². The third-order valence-corrected chi connectivity index (χ3v) is 4.66. The first-order valence-corrected chi connectivity index (χ1v) is 7.70. The minimum Gasteiger partial charge on any atom is -0.310 e. The lowest BCUT2D eigenvalue weighted by Gasteiger charge is -2.14. The van der Waals surface area contributed by atoms with E-state index in [1.54, 1.807) is 6.07 Å². The maximum absolute atomic E-state index is 12.6. The maximum Gasteiger partial charge on any atom is 0.416 e. The van der Waals surface area contributed by atoms with Crippen LogP contribution in [0.1, 0.15) is 30.4 Å².